The fourth-order valence-electron chi connectivity index (χ4n) is 1.47. The van der Waals surface area contributed by atoms with Crippen LogP contribution in [0.1, 0.15) is 16.0 Å². The Hall–Kier alpha value is -0.350. The van der Waals surface area contributed by atoms with Gasteiger partial charge in [0.2, 0.25) is 0 Å². The number of thiophene rings is 1. The number of aliphatic hydroxyl groups is 1. The summed E-state index contributed by atoms with van der Waals surface area (Å²) in [6, 6.07) is 0. The molecule has 1 aromatic heterocycles. The van der Waals surface area contributed by atoms with Crippen LogP contribution in [0.4, 0.5) is 30.7 Å². The highest BCUT2D eigenvalue weighted by Gasteiger charge is 2.72. The number of rotatable bonds is 4. The third kappa shape index (κ3) is 2.96. The molecule has 1 aromatic rings. The van der Waals surface area contributed by atoms with E-state index in [2.05, 4.69) is 15.9 Å². The molecule has 0 unspecified atom stereocenters. The molecule has 0 radical (unpaired) electrons. The van der Waals surface area contributed by atoms with Crippen molar-refractivity contribution < 1.29 is 35.8 Å². The van der Waals surface area contributed by atoms with Gasteiger partial charge < -0.3 is 5.11 Å². The molecule has 0 atom stereocenters. The lowest BCUT2D eigenvalue weighted by Gasteiger charge is -2.28. The number of aliphatic hydroxyl groups excluding tert-OH is 1. The Kier molecular flexibility index (Phi) is 4.82. The van der Waals surface area contributed by atoms with Crippen molar-refractivity contribution >= 4 is 27.3 Å². The SMILES string of the molecule is Cc1c(Br)sc(CO)c1CC(F)(F)C(F)(F)C(F)(F)F. The second kappa shape index (κ2) is 5.45. The largest absolute Gasteiger partial charge is 0.459 e. The Morgan fingerprint density at radius 3 is 2.00 bits per heavy atom. The fraction of sp³-hybridized carbons (Fsp3) is 0.600. The summed E-state index contributed by atoms with van der Waals surface area (Å²) in [5, 5.41) is 8.95. The normalized spacial score (nSPS) is 13.9. The predicted octanol–water partition coefficient (Wildman–Crippen LogP) is 4.69. The first-order chi connectivity index (χ1) is 8.85. The van der Waals surface area contributed by atoms with Gasteiger partial charge in [-0.1, -0.05) is 0 Å². The molecule has 116 valence electrons. The van der Waals surface area contributed by atoms with Gasteiger partial charge in [0.1, 0.15) is 0 Å². The minimum absolute atomic E-state index is 0.0768. The van der Waals surface area contributed by atoms with E-state index in [0.29, 0.717) is 3.79 Å². The molecule has 10 heteroatoms. The summed E-state index contributed by atoms with van der Waals surface area (Å²) in [5.74, 6) is -11.5. The van der Waals surface area contributed by atoms with E-state index in [-0.39, 0.29) is 10.4 Å². The zero-order chi connectivity index (χ0) is 15.9. The van der Waals surface area contributed by atoms with E-state index in [1.165, 1.54) is 6.92 Å². The molecule has 0 aromatic carbocycles. The van der Waals surface area contributed by atoms with Crippen LogP contribution in [-0.4, -0.2) is 23.1 Å². The third-order valence-corrected chi connectivity index (χ3v) is 4.84. The van der Waals surface area contributed by atoms with E-state index in [0.717, 1.165) is 11.3 Å². The van der Waals surface area contributed by atoms with Crippen LogP contribution in [0.25, 0.3) is 0 Å². The quantitative estimate of drug-likeness (QED) is 0.742. The molecule has 1 rings (SSSR count). The zero-order valence-corrected chi connectivity index (χ0v) is 12.2. The summed E-state index contributed by atoms with van der Waals surface area (Å²) in [6.07, 6.45) is -8.15. The average molecular weight is 389 g/mol. The molecule has 0 spiro atoms. The molecule has 0 aliphatic heterocycles. The van der Waals surface area contributed by atoms with Crippen molar-refractivity contribution in [2.24, 2.45) is 0 Å². The van der Waals surface area contributed by atoms with E-state index in [1.807, 2.05) is 0 Å². The molecule has 0 aliphatic rings. The highest BCUT2D eigenvalue weighted by atomic mass is 79.9. The molecule has 1 heterocycles. The third-order valence-electron chi connectivity index (χ3n) is 2.65. The zero-order valence-electron chi connectivity index (χ0n) is 9.79. The standard InChI is InChI=1S/C10H8BrF7OS/c1-4-5(6(3-19)20-7(4)11)2-8(12,13)9(14,15)10(16,17)18/h19H,2-3H2,1H3. The highest BCUT2D eigenvalue weighted by molar-refractivity contribution is 9.11. The molecular formula is C10H8BrF7OS. The minimum atomic E-state index is -6.35. The number of halogens is 8. The second-order valence-electron chi connectivity index (χ2n) is 4.01. The van der Waals surface area contributed by atoms with Crippen LogP contribution >= 0.6 is 27.3 Å². The van der Waals surface area contributed by atoms with Crippen LogP contribution in [-0.2, 0) is 13.0 Å². The van der Waals surface area contributed by atoms with Crippen molar-refractivity contribution in [1.82, 2.24) is 0 Å². The summed E-state index contributed by atoms with van der Waals surface area (Å²) in [5.41, 5.74) is -0.296. The van der Waals surface area contributed by atoms with Crippen molar-refractivity contribution in [1.29, 1.82) is 0 Å². The number of alkyl halides is 7. The first kappa shape index (κ1) is 17.7. The first-order valence-corrected chi connectivity index (χ1v) is 6.66. The lowest BCUT2D eigenvalue weighted by molar-refractivity contribution is -0.354. The van der Waals surface area contributed by atoms with Crippen molar-refractivity contribution in [3.63, 3.8) is 0 Å². The van der Waals surface area contributed by atoms with Gasteiger partial charge in [-0.25, -0.2) is 0 Å². The first-order valence-electron chi connectivity index (χ1n) is 5.05. The Morgan fingerprint density at radius 1 is 1.10 bits per heavy atom. The van der Waals surface area contributed by atoms with Crippen LogP contribution in [0.5, 0.6) is 0 Å². The smallest absolute Gasteiger partial charge is 0.391 e. The highest BCUT2D eigenvalue weighted by Crippen LogP contribution is 2.49. The molecule has 0 bridgehead atoms. The Labute approximate surface area is 121 Å². The van der Waals surface area contributed by atoms with Gasteiger partial charge in [0.25, 0.3) is 0 Å². The van der Waals surface area contributed by atoms with Gasteiger partial charge in [-0.15, -0.1) is 11.3 Å². The predicted molar refractivity (Wildman–Crippen MR) is 62.3 cm³/mol. The molecule has 0 aliphatic carbocycles. The Bertz CT molecular complexity index is 495. The van der Waals surface area contributed by atoms with E-state index >= 15 is 0 Å². The number of hydrogen-bond acceptors (Lipinski definition) is 2. The maximum absolute atomic E-state index is 13.3. The molecule has 0 saturated heterocycles. The summed E-state index contributed by atoms with van der Waals surface area (Å²) >= 11 is 3.76. The average Bonchev–Trinajstić information content (AvgIpc) is 2.54. The van der Waals surface area contributed by atoms with E-state index in [4.69, 9.17) is 5.11 Å². The molecular weight excluding hydrogens is 381 g/mol. The van der Waals surface area contributed by atoms with Crippen LogP contribution in [0, 0.1) is 6.92 Å². The topological polar surface area (TPSA) is 20.2 Å². The molecule has 1 nitrogen and oxygen atoms in total. The summed E-state index contributed by atoms with van der Waals surface area (Å²) in [7, 11) is 0. The van der Waals surface area contributed by atoms with E-state index in [9.17, 15) is 30.7 Å². The van der Waals surface area contributed by atoms with Crippen LogP contribution in [0.3, 0.4) is 0 Å². The lowest BCUT2D eigenvalue weighted by Crippen LogP contribution is -2.53. The maximum Gasteiger partial charge on any atom is 0.459 e. The van der Waals surface area contributed by atoms with Crippen LogP contribution in [0.2, 0.25) is 0 Å². The van der Waals surface area contributed by atoms with Crippen LogP contribution in [0.15, 0.2) is 3.79 Å². The van der Waals surface area contributed by atoms with Crippen molar-refractivity contribution in [2.75, 3.05) is 0 Å². The Morgan fingerprint density at radius 2 is 1.60 bits per heavy atom. The second-order valence-corrected chi connectivity index (χ2v) is 6.44. The summed E-state index contributed by atoms with van der Waals surface area (Å²) in [4.78, 5) is -0.0768. The van der Waals surface area contributed by atoms with Crippen molar-refractivity contribution in [2.45, 2.75) is 38.0 Å². The van der Waals surface area contributed by atoms with E-state index < -0.39 is 36.6 Å². The van der Waals surface area contributed by atoms with Crippen LogP contribution < -0.4 is 0 Å². The van der Waals surface area contributed by atoms with Gasteiger partial charge in [0.05, 0.1) is 10.4 Å². The van der Waals surface area contributed by atoms with Gasteiger partial charge >= 0.3 is 18.0 Å². The lowest BCUT2D eigenvalue weighted by atomic mass is 9.99. The molecule has 1 N–H and O–H groups in total. The summed E-state index contributed by atoms with van der Waals surface area (Å²) in [6.45, 7) is 0.566. The van der Waals surface area contributed by atoms with Gasteiger partial charge in [0.15, 0.2) is 0 Å². The van der Waals surface area contributed by atoms with Gasteiger partial charge in [0, 0.05) is 11.3 Å². The minimum Gasteiger partial charge on any atom is -0.391 e. The van der Waals surface area contributed by atoms with Gasteiger partial charge in [-0.3, -0.25) is 0 Å². The monoisotopic (exact) mass is 388 g/mol. The fourth-order valence-corrected chi connectivity index (χ4v) is 3.20. The maximum atomic E-state index is 13.3. The number of hydrogen-bond donors (Lipinski definition) is 1. The van der Waals surface area contributed by atoms with Crippen molar-refractivity contribution in [3.05, 3.63) is 19.8 Å². The molecule has 0 amide bonds. The van der Waals surface area contributed by atoms with Gasteiger partial charge in [-0.2, -0.15) is 30.7 Å². The molecule has 20 heavy (non-hydrogen) atoms. The molecule has 0 saturated carbocycles. The molecule has 0 fully saturated rings. The van der Waals surface area contributed by atoms with E-state index in [1.54, 1.807) is 0 Å². The Balaban J connectivity index is 3.21. The van der Waals surface area contributed by atoms with Crippen molar-refractivity contribution in [3.8, 4) is 0 Å². The van der Waals surface area contributed by atoms with Gasteiger partial charge in [-0.05, 0) is 34.0 Å². The summed E-state index contributed by atoms with van der Waals surface area (Å²) < 4.78 is 88.7.